The second-order valence-corrected chi connectivity index (χ2v) is 8.18. The summed E-state index contributed by atoms with van der Waals surface area (Å²) in [5.41, 5.74) is 1.85. The lowest BCUT2D eigenvalue weighted by Gasteiger charge is -2.34. The first-order chi connectivity index (χ1) is 13.1. The number of carbonyl (C=O) groups is 1. The van der Waals surface area contributed by atoms with Crippen LogP contribution in [0.1, 0.15) is 10.4 Å². The number of piperazine rings is 1. The molecule has 27 heavy (non-hydrogen) atoms. The van der Waals surface area contributed by atoms with Gasteiger partial charge in [-0.25, -0.2) is 0 Å². The maximum absolute atomic E-state index is 13.2. The van der Waals surface area contributed by atoms with E-state index in [1.165, 1.54) is 0 Å². The maximum Gasteiger partial charge on any atom is 0.254 e. The van der Waals surface area contributed by atoms with Crippen molar-refractivity contribution >= 4 is 16.8 Å². The van der Waals surface area contributed by atoms with E-state index in [0.717, 1.165) is 55.7 Å². The number of likely N-dealkylation sites (tertiary alicyclic amines) is 1. The molecular formula is C21H30N4O2. The molecule has 0 unspecified atom stereocenters. The van der Waals surface area contributed by atoms with Gasteiger partial charge in [0.25, 0.3) is 5.91 Å². The van der Waals surface area contributed by atoms with Gasteiger partial charge >= 0.3 is 0 Å². The molecule has 2 fully saturated rings. The molecule has 2 aliphatic heterocycles. The number of aromatic nitrogens is 1. The lowest BCUT2D eigenvalue weighted by molar-refractivity contribution is 0.0779. The molecule has 0 spiro atoms. The van der Waals surface area contributed by atoms with Crippen molar-refractivity contribution in [2.75, 3.05) is 59.5 Å². The first-order valence-electron chi connectivity index (χ1n) is 9.92. The predicted molar refractivity (Wildman–Crippen MR) is 107 cm³/mol. The Morgan fingerprint density at radius 3 is 2.56 bits per heavy atom. The van der Waals surface area contributed by atoms with Crippen LogP contribution in [-0.2, 0) is 7.05 Å². The smallest absolute Gasteiger partial charge is 0.254 e. The van der Waals surface area contributed by atoms with Crippen LogP contribution in [0.25, 0.3) is 10.9 Å². The van der Waals surface area contributed by atoms with Crippen molar-refractivity contribution < 1.29 is 9.90 Å². The van der Waals surface area contributed by atoms with Crippen LogP contribution in [-0.4, -0.2) is 89.7 Å². The van der Waals surface area contributed by atoms with Crippen molar-refractivity contribution in [2.24, 2.45) is 18.9 Å². The molecule has 6 nitrogen and oxygen atoms in total. The number of amides is 1. The zero-order chi connectivity index (χ0) is 19.0. The van der Waals surface area contributed by atoms with E-state index in [1.807, 2.05) is 47.0 Å². The van der Waals surface area contributed by atoms with Gasteiger partial charge < -0.3 is 24.4 Å². The molecule has 146 valence electrons. The number of nitrogens with zero attached hydrogens (tertiary/aromatic N) is 4. The van der Waals surface area contributed by atoms with E-state index in [0.29, 0.717) is 12.5 Å². The van der Waals surface area contributed by atoms with Gasteiger partial charge in [0, 0.05) is 88.0 Å². The second-order valence-electron chi connectivity index (χ2n) is 8.18. The summed E-state index contributed by atoms with van der Waals surface area (Å²) in [6.45, 7) is 6.84. The van der Waals surface area contributed by atoms with Crippen LogP contribution in [0, 0.1) is 11.8 Å². The third-order valence-corrected chi connectivity index (χ3v) is 6.35. The molecule has 2 saturated heterocycles. The fourth-order valence-electron chi connectivity index (χ4n) is 4.54. The number of hydrogen-bond donors (Lipinski definition) is 1. The molecule has 0 aliphatic carbocycles. The minimum Gasteiger partial charge on any atom is -0.396 e. The standard InChI is InChI=1S/C21H30N4O2/c1-22-8-10-24(11-9-22)12-16-13-25(14-17(16)15-26)21(27)19-4-3-5-20-18(19)6-7-23(20)2/h3-7,16-17,26H,8-15H2,1-2H3/t16-,17-/m1/s1. The van der Waals surface area contributed by atoms with E-state index in [1.54, 1.807) is 0 Å². The Bertz CT molecular complexity index is 810. The highest BCUT2D eigenvalue weighted by Gasteiger charge is 2.36. The molecule has 1 amide bonds. The zero-order valence-electron chi connectivity index (χ0n) is 16.3. The molecule has 0 saturated carbocycles. The Hall–Kier alpha value is -1.89. The maximum atomic E-state index is 13.2. The van der Waals surface area contributed by atoms with E-state index in [-0.39, 0.29) is 18.4 Å². The van der Waals surface area contributed by atoms with E-state index in [9.17, 15) is 9.90 Å². The summed E-state index contributed by atoms with van der Waals surface area (Å²) in [6.07, 6.45) is 2.00. The summed E-state index contributed by atoms with van der Waals surface area (Å²) >= 11 is 0. The monoisotopic (exact) mass is 370 g/mol. The molecule has 1 N–H and O–H groups in total. The van der Waals surface area contributed by atoms with Crippen LogP contribution >= 0.6 is 0 Å². The minimum absolute atomic E-state index is 0.0890. The molecule has 3 heterocycles. The van der Waals surface area contributed by atoms with E-state index in [2.05, 4.69) is 16.8 Å². The fourth-order valence-corrected chi connectivity index (χ4v) is 4.54. The third-order valence-electron chi connectivity index (χ3n) is 6.35. The Kier molecular flexibility index (Phi) is 5.21. The molecule has 1 aromatic carbocycles. The van der Waals surface area contributed by atoms with Crippen LogP contribution in [0.5, 0.6) is 0 Å². The van der Waals surface area contributed by atoms with Crippen LogP contribution in [0.4, 0.5) is 0 Å². The zero-order valence-corrected chi connectivity index (χ0v) is 16.3. The van der Waals surface area contributed by atoms with Crippen molar-refractivity contribution in [1.82, 2.24) is 19.3 Å². The average Bonchev–Trinajstić information content (AvgIpc) is 3.27. The van der Waals surface area contributed by atoms with Gasteiger partial charge in [0.2, 0.25) is 0 Å². The molecule has 2 aliphatic rings. The highest BCUT2D eigenvalue weighted by atomic mass is 16.3. The number of fused-ring (bicyclic) bond motifs is 1. The van der Waals surface area contributed by atoms with Gasteiger partial charge in [-0.3, -0.25) is 4.79 Å². The predicted octanol–water partition coefficient (Wildman–Crippen LogP) is 1.11. The van der Waals surface area contributed by atoms with Crippen molar-refractivity contribution in [3.05, 3.63) is 36.0 Å². The highest BCUT2D eigenvalue weighted by molar-refractivity contribution is 6.06. The summed E-state index contributed by atoms with van der Waals surface area (Å²) in [5.74, 6) is 0.604. The number of likely N-dealkylation sites (N-methyl/N-ethyl adjacent to an activating group) is 1. The fraction of sp³-hybridized carbons (Fsp3) is 0.571. The van der Waals surface area contributed by atoms with Crippen LogP contribution < -0.4 is 0 Å². The first-order valence-corrected chi connectivity index (χ1v) is 9.92. The van der Waals surface area contributed by atoms with Crippen molar-refractivity contribution in [1.29, 1.82) is 0 Å². The summed E-state index contributed by atoms with van der Waals surface area (Å²) in [5, 5.41) is 10.9. The Labute approximate surface area is 161 Å². The number of hydrogen-bond acceptors (Lipinski definition) is 4. The number of aliphatic hydroxyl groups excluding tert-OH is 1. The number of aliphatic hydroxyl groups is 1. The SMILES string of the molecule is CN1CCN(C[C@@H]2CN(C(=O)c3cccc4c3ccn4C)C[C@@H]2CO)CC1. The Morgan fingerprint density at radius 1 is 1.07 bits per heavy atom. The number of rotatable bonds is 4. The van der Waals surface area contributed by atoms with E-state index in [4.69, 9.17) is 0 Å². The molecule has 0 bridgehead atoms. The number of aryl methyl sites for hydroxylation is 1. The number of benzene rings is 1. The van der Waals surface area contributed by atoms with Gasteiger partial charge in [0.1, 0.15) is 0 Å². The Balaban J connectivity index is 1.48. The quantitative estimate of drug-likeness (QED) is 0.876. The molecule has 0 radical (unpaired) electrons. The summed E-state index contributed by atoms with van der Waals surface area (Å²) in [4.78, 5) is 20.0. The van der Waals surface area contributed by atoms with Crippen molar-refractivity contribution in [2.45, 2.75) is 0 Å². The van der Waals surface area contributed by atoms with Crippen molar-refractivity contribution in [3.63, 3.8) is 0 Å². The topological polar surface area (TPSA) is 52.0 Å². The van der Waals surface area contributed by atoms with E-state index < -0.39 is 0 Å². The van der Waals surface area contributed by atoms with Gasteiger partial charge in [-0.2, -0.15) is 0 Å². The van der Waals surface area contributed by atoms with Gasteiger partial charge in [-0.15, -0.1) is 0 Å². The second kappa shape index (κ2) is 7.62. The average molecular weight is 370 g/mol. The molecule has 6 heteroatoms. The molecular weight excluding hydrogens is 340 g/mol. The van der Waals surface area contributed by atoms with Gasteiger partial charge in [0.05, 0.1) is 0 Å². The summed E-state index contributed by atoms with van der Waals surface area (Å²) in [6, 6.07) is 7.94. The van der Waals surface area contributed by atoms with E-state index >= 15 is 0 Å². The molecule has 2 atom stereocenters. The largest absolute Gasteiger partial charge is 0.396 e. The molecule has 2 aromatic rings. The van der Waals surface area contributed by atoms with Gasteiger partial charge in [-0.05, 0) is 31.2 Å². The van der Waals surface area contributed by atoms with Gasteiger partial charge in [-0.1, -0.05) is 6.07 Å². The third kappa shape index (κ3) is 3.61. The van der Waals surface area contributed by atoms with Crippen LogP contribution in [0.2, 0.25) is 0 Å². The van der Waals surface area contributed by atoms with Crippen LogP contribution in [0.3, 0.4) is 0 Å². The van der Waals surface area contributed by atoms with Crippen molar-refractivity contribution in [3.8, 4) is 0 Å². The molecule has 4 rings (SSSR count). The summed E-state index contributed by atoms with van der Waals surface area (Å²) < 4.78 is 2.04. The number of carbonyl (C=O) groups excluding carboxylic acids is 1. The lowest BCUT2D eigenvalue weighted by atomic mass is 9.96. The first kappa shape index (κ1) is 18.5. The summed E-state index contributed by atoms with van der Waals surface area (Å²) in [7, 11) is 4.16. The highest BCUT2D eigenvalue weighted by Crippen LogP contribution is 2.28. The van der Waals surface area contributed by atoms with Gasteiger partial charge in [0.15, 0.2) is 0 Å². The normalized spacial score (nSPS) is 24.8. The van der Waals surface area contributed by atoms with Crippen LogP contribution in [0.15, 0.2) is 30.5 Å². The minimum atomic E-state index is 0.0890. The lowest BCUT2D eigenvalue weighted by Crippen LogP contribution is -2.47. The molecule has 1 aromatic heterocycles. The Morgan fingerprint density at radius 2 is 1.81 bits per heavy atom.